The van der Waals surface area contributed by atoms with E-state index in [-0.39, 0.29) is 12.5 Å². The molecule has 21 heavy (non-hydrogen) atoms. The van der Waals surface area contributed by atoms with Crippen LogP contribution in [0.25, 0.3) is 0 Å². The molecular weight excluding hydrogens is 282 g/mol. The summed E-state index contributed by atoms with van der Waals surface area (Å²) in [6.07, 6.45) is 2.70. The molecule has 1 aliphatic rings. The number of hydrogen-bond donors (Lipinski definition) is 2. The maximum atomic E-state index is 12.0. The molecule has 1 unspecified atom stereocenters. The van der Waals surface area contributed by atoms with E-state index in [9.17, 15) is 9.90 Å². The quantitative estimate of drug-likeness (QED) is 0.761. The first-order valence-electron chi connectivity index (χ1n) is 7.56. The van der Waals surface area contributed by atoms with Crippen molar-refractivity contribution in [2.24, 2.45) is 5.92 Å². The van der Waals surface area contributed by atoms with Gasteiger partial charge in [0.25, 0.3) is 0 Å². The lowest BCUT2D eigenvalue weighted by Crippen LogP contribution is -2.50. The van der Waals surface area contributed by atoms with Crippen molar-refractivity contribution in [2.45, 2.75) is 50.5 Å². The number of benzene rings is 1. The highest BCUT2D eigenvalue weighted by Crippen LogP contribution is 2.39. The molecule has 0 aromatic heterocycles. The lowest BCUT2D eigenvalue weighted by atomic mass is 9.97. The standard InChI is InChI=1S/C17H25NO2S/c1-12-4-7-15(10-13(12)2)21-9-8-16(20)18-17(3,11-19)14-5-6-14/h4,7,10,14,19H,5-6,8-9,11H2,1-3H3,(H,18,20). The van der Waals surface area contributed by atoms with Gasteiger partial charge in [0.1, 0.15) is 0 Å². The molecule has 0 aliphatic heterocycles. The average Bonchev–Trinajstić information content (AvgIpc) is 3.27. The minimum atomic E-state index is -0.428. The number of carbonyl (C=O) groups excluding carboxylic acids is 1. The van der Waals surface area contributed by atoms with Crippen molar-refractivity contribution < 1.29 is 9.90 Å². The van der Waals surface area contributed by atoms with Crippen molar-refractivity contribution in [1.82, 2.24) is 5.32 Å². The summed E-state index contributed by atoms with van der Waals surface area (Å²) in [6.45, 7) is 6.17. The van der Waals surface area contributed by atoms with Gasteiger partial charge in [-0.05, 0) is 62.8 Å². The van der Waals surface area contributed by atoms with Gasteiger partial charge in [-0.15, -0.1) is 11.8 Å². The van der Waals surface area contributed by atoms with Crippen LogP contribution in [0.2, 0.25) is 0 Å². The number of rotatable bonds is 7. The first-order valence-corrected chi connectivity index (χ1v) is 8.55. The highest BCUT2D eigenvalue weighted by Gasteiger charge is 2.41. The largest absolute Gasteiger partial charge is 0.394 e. The van der Waals surface area contributed by atoms with E-state index < -0.39 is 5.54 Å². The van der Waals surface area contributed by atoms with Crippen LogP contribution in [-0.4, -0.2) is 28.9 Å². The van der Waals surface area contributed by atoms with Crippen molar-refractivity contribution >= 4 is 17.7 Å². The monoisotopic (exact) mass is 307 g/mol. The Hall–Kier alpha value is -1.00. The maximum Gasteiger partial charge on any atom is 0.221 e. The van der Waals surface area contributed by atoms with E-state index >= 15 is 0 Å². The van der Waals surface area contributed by atoms with Gasteiger partial charge in [-0.3, -0.25) is 4.79 Å². The number of aryl methyl sites for hydroxylation is 2. The minimum absolute atomic E-state index is 0.0215. The Bertz CT molecular complexity index is 514. The number of thioether (sulfide) groups is 1. The van der Waals surface area contributed by atoms with E-state index in [2.05, 4.69) is 37.4 Å². The van der Waals surface area contributed by atoms with E-state index in [0.29, 0.717) is 12.3 Å². The van der Waals surface area contributed by atoms with Gasteiger partial charge in [-0.1, -0.05) is 6.07 Å². The first-order chi connectivity index (χ1) is 9.94. The third-order valence-corrected chi connectivity index (χ3v) is 5.30. The minimum Gasteiger partial charge on any atom is -0.394 e. The zero-order valence-electron chi connectivity index (χ0n) is 13.1. The van der Waals surface area contributed by atoms with E-state index in [1.54, 1.807) is 11.8 Å². The number of hydrogen-bond acceptors (Lipinski definition) is 3. The van der Waals surface area contributed by atoms with Gasteiger partial charge < -0.3 is 10.4 Å². The summed E-state index contributed by atoms with van der Waals surface area (Å²) >= 11 is 1.71. The van der Waals surface area contributed by atoms with Crippen LogP contribution in [0.15, 0.2) is 23.1 Å². The SMILES string of the molecule is Cc1ccc(SCCC(=O)NC(C)(CO)C2CC2)cc1C. The molecule has 1 amide bonds. The second-order valence-electron chi connectivity index (χ2n) is 6.24. The summed E-state index contributed by atoms with van der Waals surface area (Å²) in [7, 11) is 0. The average molecular weight is 307 g/mol. The fraction of sp³-hybridized carbons (Fsp3) is 0.588. The second-order valence-corrected chi connectivity index (χ2v) is 7.41. The maximum absolute atomic E-state index is 12.0. The topological polar surface area (TPSA) is 49.3 Å². The molecule has 1 fully saturated rings. The van der Waals surface area contributed by atoms with E-state index in [1.165, 1.54) is 16.0 Å². The molecule has 1 aliphatic carbocycles. The van der Waals surface area contributed by atoms with Crippen LogP contribution in [0, 0.1) is 19.8 Å². The van der Waals surface area contributed by atoms with E-state index in [0.717, 1.165) is 18.6 Å². The summed E-state index contributed by atoms with van der Waals surface area (Å²) in [5, 5.41) is 12.5. The van der Waals surface area contributed by atoms with Gasteiger partial charge in [0, 0.05) is 17.1 Å². The summed E-state index contributed by atoms with van der Waals surface area (Å²) < 4.78 is 0. The Balaban J connectivity index is 1.77. The summed E-state index contributed by atoms with van der Waals surface area (Å²) in [4.78, 5) is 13.2. The van der Waals surface area contributed by atoms with Crippen LogP contribution in [-0.2, 0) is 4.79 Å². The molecule has 1 saturated carbocycles. The molecule has 0 radical (unpaired) electrons. The lowest BCUT2D eigenvalue weighted by Gasteiger charge is -2.28. The van der Waals surface area contributed by atoms with Crippen LogP contribution in [0.4, 0.5) is 0 Å². The predicted octanol–water partition coefficient (Wildman–Crippen LogP) is 3.06. The number of aliphatic hydroxyl groups is 1. The second kappa shape index (κ2) is 6.84. The van der Waals surface area contributed by atoms with Crippen LogP contribution < -0.4 is 5.32 Å². The molecule has 2 rings (SSSR count). The Kier molecular flexibility index (Phi) is 5.33. The van der Waals surface area contributed by atoms with Gasteiger partial charge in [0.05, 0.1) is 12.1 Å². The van der Waals surface area contributed by atoms with Crippen LogP contribution >= 0.6 is 11.8 Å². The van der Waals surface area contributed by atoms with Gasteiger partial charge in [-0.25, -0.2) is 0 Å². The molecule has 0 heterocycles. The van der Waals surface area contributed by atoms with Crippen molar-refractivity contribution in [2.75, 3.05) is 12.4 Å². The Morgan fingerprint density at radius 3 is 2.67 bits per heavy atom. The van der Waals surface area contributed by atoms with E-state index in [1.807, 2.05) is 6.92 Å². The van der Waals surface area contributed by atoms with Gasteiger partial charge in [0.2, 0.25) is 5.91 Å². The van der Waals surface area contributed by atoms with Gasteiger partial charge >= 0.3 is 0 Å². The van der Waals surface area contributed by atoms with Crippen molar-refractivity contribution in [1.29, 1.82) is 0 Å². The third kappa shape index (κ3) is 4.48. The fourth-order valence-corrected chi connectivity index (χ4v) is 3.38. The molecule has 0 spiro atoms. The summed E-state index contributed by atoms with van der Waals surface area (Å²) in [5.74, 6) is 1.24. The predicted molar refractivity (Wildman–Crippen MR) is 87.6 cm³/mol. The molecule has 0 bridgehead atoms. The fourth-order valence-electron chi connectivity index (χ4n) is 2.44. The zero-order chi connectivity index (χ0) is 15.5. The Morgan fingerprint density at radius 1 is 1.38 bits per heavy atom. The van der Waals surface area contributed by atoms with Crippen molar-refractivity contribution in [3.63, 3.8) is 0 Å². The normalized spacial score (nSPS) is 17.3. The van der Waals surface area contributed by atoms with Gasteiger partial charge in [-0.2, -0.15) is 0 Å². The number of carbonyl (C=O) groups is 1. The molecule has 2 N–H and O–H groups in total. The molecule has 116 valence electrons. The third-order valence-electron chi connectivity index (χ3n) is 4.31. The lowest BCUT2D eigenvalue weighted by molar-refractivity contribution is -0.123. The van der Waals surface area contributed by atoms with Crippen LogP contribution in [0.1, 0.15) is 37.3 Å². The molecule has 4 heteroatoms. The number of aliphatic hydroxyl groups excluding tert-OH is 1. The summed E-state index contributed by atoms with van der Waals surface area (Å²) in [5.41, 5.74) is 2.15. The van der Waals surface area contributed by atoms with Crippen molar-refractivity contribution in [3.8, 4) is 0 Å². The molecule has 1 aromatic rings. The number of amides is 1. The van der Waals surface area contributed by atoms with Crippen LogP contribution in [0.3, 0.4) is 0 Å². The molecule has 1 aromatic carbocycles. The van der Waals surface area contributed by atoms with Crippen molar-refractivity contribution in [3.05, 3.63) is 29.3 Å². The molecular formula is C17H25NO2S. The van der Waals surface area contributed by atoms with Gasteiger partial charge in [0.15, 0.2) is 0 Å². The Labute approximate surface area is 131 Å². The van der Waals surface area contributed by atoms with E-state index in [4.69, 9.17) is 0 Å². The molecule has 0 saturated heterocycles. The smallest absolute Gasteiger partial charge is 0.221 e. The summed E-state index contributed by atoms with van der Waals surface area (Å²) in [6, 6.07) is 6.39. The van der Waals surface area contributed by atoms with Crippen LogP contribution in [0.5, 0.6) is 0 Å². The highest BCUT2D eigenvalue weighted by atomic mass is 32.2. The Morgan fingerprint density at radius 2 is 2.10 bits per heavy atom. The highest BCUT2D eigenvalue weighted by molar-refractivity contribution is 7.99. The first kappa shape index (κ1) is 16.4. The molecule has 3 nitrogen and oxygen atoms in total. The number of nitrogens with one attached hydrogen (secondary N) is 1. The zero-order valence-corrected chi connectivity index (χ0v) is 13.9. The molecule has 1 atom stereocenters.